The molecule has 2 amide bonds. The monoisotopic (exact) mass is 456 g/mol. The summed E-state index contributed by atoms with van der Waals surface area (Å²) < 4.78 is 85.5. The molecule has 0 aromatic heterocycles. The summed E-state index contributed by atoms with van der Waals surface area (Å²) in [6.07, 6.45) is -11.0. The van der Waals surface area contributed by atoms with Gasteiger partial charge in [-0.15, -0.1) is 0 Å². The van der Waals surface area contributed by atoms with E-state index in [2.05, 4.69) is 9.47 Å². The fourth-order valence-electron chi connectivity index (χ4n) is 1.73. The number of nitrogens with one attached hydrogen (secondary N) is 2. The highest BCUT2D eigenvalue weighted by atomic mass is 35.5. The number of rotatable bonds is 6. The Morgan fingerprint density at radius 3 is 2.14 bits per heavy atom. The van der Waals surface area contributed by atoms with E-state index in [1.54, 1.807) is 0 Å². The van der Waals surface area contributed by atoms with Crippen molar-refractivity contribution in [3.63, 3.8) is 0 Å². The summed E-state index contributed by atoms with van der Waals surface area (Å²) in [5.41, 5.74) is -4.57. The van der Waals surface area contributed by atoms with Crippen molar-refractivity contribution < 1.29 is 45.4 Å². The van der Waals surface area contributed by atoms with Crippen molar-refractivity contribution >= 4 is 40.9 Å². The Kier molecular flexibility index (Phi) is 7.80. The van der Waals surface area contributed by atoms with Gasteiger partial charge in [-0.25, -0.2) is 9.59 Å². The number of hydrogen-bond donors (Lipinski definition) is 2. The minimum absolute atomic E-state index is 0.0669. The topological polar surface area (TPSA) is 76.7 Å². The molecule has 1 aromatic carbocycles. The third-order valence-electron chi connectivity index (χ3n) is 2.88. The van der Waals surface area contributed by atoms with Crippen LogP contribution >= 0.6 is 23.2 Å². The van der Waals surface area contributed by atoms with Crippen LogP contribution in [-0.2, 0) is 14.3 Å². The molecular formula is C14H12Cl2F6N2O4. The van der Waals surface area contributed by atoms with Gasteiger partial charge in [0.05, 0.1) is 16.7 Å². The van der Waals surface area contributed by atoms with Crippen molar-refractivity contribution in [2.75, 3.05) is 18.5 Å². The molecule has 0 aliphatic carbocycles. The van der Waals surface area contributed by atoms with E-state index in [1.165, 1.54) is 6.07 Å². The minimum atomic E-state index is -5.79. The number of anilines is 1. The number of carbonyl (C=O) groups is 2. The van der Waals surface area contributed by atoms with Gasteiger partial charge in [0.15, 0.2) is 0 Å². The van der Waals surface area contributed by atoms with E-state index in [0.717, 1.165) is 24.4 Å². The zero-order chi connectivity index (χ0) is 21.8. The minimum Gasteiger partial charge on any atom is -0.462 e. The Labute approximate surface area is 164 Å². The number of amides is 2. The zero-order valence-corrected chi connectivity index (χ0v) is 15.3. The van der Waals surface area contributed by atoms with Gasteiger partial charge in [0.1, 0.15) is 6.61 Å². The lowest BCUT2D eigenvalue weighted by atomic mass is 10.2. The largest absolute Gasteiger partial charge is 0.462 e. The summed E-state index contributed by atoms with van der Waals surface area (Å²) in [4.78, 5) is 23.7. The van der Waals surface area contributed by atoms with E-state index in [0.29, 0.717) is 0 Å². The lowest BCUT2D eigenvalue weighted by Crippen LogP contribution is -2.67. The van der Waals surface area contributed by atoms with Gasteiger partial charge in [0, 0.05) is 5.69 Å². The van der Waals surface area contributed by atoms with Gasteiger partial charge in [-0.05, 0) is 25.1 Å². The molecule has 0 aliphatic rings. The molecule has 158 valence electrons. The first-order valence-corrected chi connectivity index (χ1v) is 7.96. The second kappa shape index (κ2) is 9.05. The summed E-state index contributed by atoms with van der Waals surface area (Å²) >= 11 is 11.3. The van der Waals surface area contributed by atoms with Gasteiger partial charge < -0.3 is 14.8 Å². The van der Waals surface area contributed by atoms with Crippen LogP contribution in [0.4, 0.5) is 36.8 Å². The predicted molar refractivity (Wildman–Crippen MR) is 86.0 cm³/mol. The molecular weight excluding hydrogens is 445 g/mol. The Morgan fingerprint density at radius 2 is 1.68 bits per heavy atom. The Balaban J connectivity index is 3.19. The third kappa shape index (κ3) is 6.31. The Morgan fingerprint density at radius 1 is 1.07 bits per heavy atom. The van der Waals surface area contributed by atoms with Gasteiger partial charge >= 0.3 is 30.1 Å². The van der Waals surface area contributed by atoms with Crippen molar-refractivity contribution in [2.24, 2.45) is 0 Å². The molecule has 14 heteroatoms. The van der Waals surface area contributed by atoms with Crippen LogP contribution in [0.3, 0.4) is 0 Å². The first-order valence-electron chi connectivity index (χ1n) is 7.20. The van der Waals surface area contributed by atoms with Crippen molar-refractivity contribution in [3.05, 3.63) is 28.2 Å². The highest BCUT2D eigenvalue weighted by Gasteiger charge is 2.66. The summed E-state index contributed by atoms with van der Waals surface area (Å²) in [5.74, 6) is -2.28. The zero-order valence-electron chi connectivity index (χ0n) is 13.8. The predicted octanol–water partition coefficient (Wildman–Crippen LogP) is 4.52. The number of esters is 1. The maximum absolute atomic E-state index is 13.5. The van der Waals surface area contributed by atoms with Crippen LogP contribution in [0.5, 0.6) is 0 Å². The lowest BCUT2D eigenvalue weighted by molar-refractivity contribution is -0.305. The molecule has 0 heterocycles. The first-order chi connectivity index (χ1) is 12.7. The van der Waals surface area contributed by atoms with Gasteiger partial charge in [0.2, 0.25) is 0 Å². The molecule has 6 nitrogen and oxygen atoms in total. The number of carbonyl (C=O) groups excluding carboxylic acids is 2. The molecule has 0 saturated heterocycles. The lowest BCUT2D eigenvalue weighted by Gasteiger charge is -2.33. The molecule has 28 heavy (non-hydrogen) atoms. The molecule has 0 radical (unpaired) electrons. The number of ether oxygens (including phenoxy) is 2. The quantitative estimate of drug-likeness (QED) is 0.375. The van der Waals surface area contributed by atoms with Gasteiger partial charge in [-0.3, -0.25) is 5.32 Å². The maximum atomic E-state index is 13.5. The first kappa shape index (κ1) is 24.1. The van der Waals surface area contributed by atoms with Gasteiger partial charge in [-0.1, -0.05) is 23.2 Å². The van der Waals surface area contributed by atoms with Crippen LogP contribution in [-0.4, -0.2) is 43.3 Å². The van der Waals surface area contributed by atoms with Crippen molar-refractivity contribution in [1.82, 2.24) is 5.32 Å². The molecule has 1 rings (SSSR count). The van der Waals surface area contributed by atoms with E-state index in [1.807, 2.05) is 5.32 Å². The highest BCUT2D eigenvalue weighted by molar-refractivity contribution is 6.42. The van der Waals surface area contributed by atoms with Crippen molar-refractivity contribution in [1.29, 1.82) is 0 Å². The van der Waals surface area contributed by atoms with Crippen LogP contribution in [0.25, 0.3) is 0 Å². The van der Waals surface area contributed by atoms with E-state index >= 15 is 0 Å². The van der Waals surface area contributed by atoms with E-state index in [-0.39, 0.29) is 15.7 Å². The smallest absolute Gasteiger partial charge is 0.448 e. The SMILES string of the molecule is CCOC(=O)C(NC(=O)Nc1ccc(Cl)c(Cl)c1)(OCC(F)(F)F)C(F)(F)F. The van der Waals surface area contributed by atoms with Crippen LogP contribution in [0.1, 0.15) is 6.92 Å². The van der Waals surface area contributed by atoms with E-state index < -0.39 is 43.3 Å². The van der Waals surface area contributed by atoms with Crippen molar-refractivity contribution in [2.45, 2.75) is 25.0 Å². The van der Waals surface area contributed by atoms with E-state index in [4.69, 9.17) is 23.2 Å². The summed E-state index contributed by atoms with van der Waals surface area (Å²) in [6.45, 7) is -2.00. The van der Waals surface area contributed by atoms with Gasteiger partial charge in [0.25, 0.3) is 0 Å². The highest BCUT2D eigenvalue weighted by Crippen LogP contribution is 2.35. The molecule has 1 atom stereocenters. The van der Waals surface area contributed by atoms with Crippen LogP contribution in [0, 0.1) is 0 Å². The molecule has 0 saturated carbocycles. The fraction of sp³-hybridized carbons (Fsp3) is 0.429. The molecule has 0 spiro atoms. The van der Waals surface area contributed by atoms with Gasteiger partial charge in [-0.2, -0.15) is 26.3 Å². The normalized spacial score (nSPS) is 14.2. The number of benzene rings is 1. The molecule has 0 fully saturated rings. The van der Waals surface area contributed by atoms with Crippen LogP contribution < -0.4 is 10.6 Å². The molecule has 2 N–H and O–H groups in total. The molecule has 1 unspecified atom stereocenters. The van der Waals surface area contributed by atoms with E-state index in [9.17, 15) is 35.9 Å². The number of hydrogen-bond acceptors (Lipinski definition) is 4. The standard InChI is InChI=1S/C14H12Cl2F6N2O4/c1-2-27-10(25)13(14(20,21)22,28-6-12(17,18)19)24-11(26)23-7-3-4-8(15)9(16)5-7/h3-5H,2,6H2,1H3,(H2,23,24,26). The molecule has 1 aromatic rings. The Hall–Kier alpha value is -1.92. The second-order valence-electron chi connectivity index (χ2n) is 5.01. The number of alkyl halides is 6. The summed E-state index contributed by atoms with van der Waals surface area (Å²) in [7, 11) is 0. The fourth-order valence-corrected chi connectivity index (χ4v) is 2.03. The molecule has 0 aliphatic heterocycles. The average molecular weight is 457 g/mol. The summed E-state index contributed by atoms with van der Waals surface area (Å²) in [6, 6.07) is 1.68. The second-order valence-corrected chi connectivity index (χ2v) is 5.83. The maximum Gasteiger partial charge on any atom is 0.448 e. The molecule has 0 bridgehead atoms. The Bertz CT molecular complexity index is 729. The summed E-state index contributed by atoms with van der Waals surface area (Å²) in [5, 5.41) is 2.93. The van der Waals surface area contributed by atoms with Crippen LogP contribution in [0.15, 0.2) is 18.2 Å². The third-order valence-corrected chi connectivity index (χ3v) is 3.62. The number of halogens is 8. The number of urea groups is 1. The van der Waals surface area contributed by atoms with Crippen molar-refractivity contribution in [3.8, 4) is 0 Å². The average Bonchev–Trinajstić information content (AvgIpc) is 2.53. The van der Waals surface area contributed by atoms with Crippen LogP contribution in [0.2, 0.25) is 10.0 Å².